The Bertz CT molecular complexity index is 430. The van der Waals surface area contributed by atoms with Crippen molar-refractivity contribution in [1.82, 2.24) is 20.2 Å². The van der Waals surface area contributed by atoms with Crippen LogP contribution in [0.2, 0.25) is 0 Å². The maximum Gasteiger partial charge on any atom is 0.271 e. The summed E-state index contributed by atoms with van der Waals surface area (Å²) in [5, 5.41) is 6.44. The van der Waals surface area contributed by atoms with Crippen LogP contribution < -0.4 is 10.6 Å². The van der Waals surface area contributed by atoms with Gasteiger partial charge in [-0.1, -0.05) is 13.8 Å². The van der Waals surface area contributed by atoms with Gasteiger partial charge in [0.2, 0.25) is 0 Å². The summed E-state index contributed by atoms with van der Waals surface area (Å²) in [4.78, 5) is 15.9. The molecule has 1 unspecified atom stereocenters. The molecule has 0 bridgehead atoms. The summed E-state index contributed by atoms with van der Waals surface area (Å²) in [6.45, 7) is 6.18. The number of nitrogens with zero attached hydrogens (tertiary/aromatic N) is 2. The normalized spacial score (nSPS) is 21.5. The fourth-order valence-corrected chi connectivity index (χ4v) is 2.43. The van der Waals surface area contributed by atoms with Crippen molar-refractivity contribution in [3.05, 3.63) is 18.2 Å². The predicted molar refractivity (Wildman–Crippen MR) is 77.6 cm³/mol. The molecule has 0 spiro atoms. The van der Waals surface area contributed by atoms with Crippen molar-refractivity contribution in [3.8, 4) is 0 Å². The van der Waals surface area contributed by atoms with E-state index in [1.54, 1.807) is 17.1 Å². The molecule has 1 aromatic rings. The minimum atomic E-state index is -0.0984. The van der Waals surface area contributed by atoms with Gasteiger partial charge in [-0.3, -0.25) is 4.79 Å². The number of aryl methyl sites for hydroxylation is 1. The Kier molecular flexibility index (Phi) is 5.38. The molecular weight excluding hydrogens is 264 g/mol. The van der Waals surface area contributed by atoms with E-state index in [0.29, 0.717) is 18.3 Å². The number of aromatic nitrogens is 2. The van der Waals surface area contributed by atoms with Gasteiger partial charge in [0.1, 0.15) is 5.69 Å². The third-order valence-electron chi connectivity index (χ3n) is 3.74. The highest BCUT2D eigenvalue weighted by atomic mass is 35.5. The van der Waals surface area contributed by atoms with Gasteiger partial charge in [0.25, 0.3) is 5.91 Å². The van der Waals surface area contributed by atoms with Crippen LogP contribution in [-0.2, 0) is 7.05 Å². The third kappa shape index (κ3) is 3.94. The van der Waals surface area contributed by atoms with Crippen LogP contribution in [0.5, 0.6) is 0 Å². The van der Waals surface area contributed by atoms with E-state index in [2.05, 4.69) is 29.5 Å². The van der Waals surface area contributed by atoms with Gasteiger partial charge in [-0.15, -0.1) is 12.4 Å². The number of nitrogens with one attached hydrogen (secondary N) is 2. The van der Waals surface area contributed by atoms with Gasteiger partial charge in [0, 0.05) is 25.8 Å². The molecule has 2 N–H and O–H groups in total. The number of carbonyl (C=O) groups is 1. The topological polar surface area (TPSA) is 59.0 Å². The van der Waals surface area contributed by atoms with E-state index in [0.717, 1.165) is 6.54 Å². The molecule has 6 heteroatoms. The van der Waals surface area contributed by atoms with Crippen molar-refractivity contribution in [2.45, 2.75) is 32.7 Å². The Labute approximate surface area is 120 Å². The average molecular weight is 287 g/mol. The molecule has 0 radical (unpaired) electrons. The van der Waals surface area contributed by atoms with Gasteiger partial charge >= 0.3 is 0 Å². The SMILES string of the molecule is Cl.Cn1cnc(C(=O)NCC2NCCCC2(C)C)c1. The molecule has 2 rings (SSSR count). The van der Waals surface area contributed by atoms with Gasteiger partial charge in [-0.2, -0.15) is 0 Å². The first-order valence-corrected chi connectivity index (χ1v) is 6.48. The highest BCUT2D eigenvalue weighted by Crippen LogP contribution is 2.29. The van der Waals surface area contributed by atoms with Gasteiger partial charge in [-0.05, 0) is 24.8 Å². The van der Waals surface area contributed by atoms with Crippen LogP contribution in [0.15, 0.2) is 12.5 Å². The predicted octanol–water partition coefficient (Wildman–Crippen LogP) is 1.35. The smallest absolute Gasteiger partial charge is 0.271 e. The first kappa shape index (κ1) is 16.0. The summed E-state index contributed by atoms with van der Waals surface area (Å²) in [7, 11) is 1.86. The van der Waals surface area contributed by atoms with Crippen molar-refractivity contribution in [2.75, 3.05) is 13.1 Å². The summed E-state index contributed by atoms with van der Waals surface area (Å²) in [6, 6.07) is 0.332. The monoisotopic (exact) mass is 286 g/mol. The number of imidazole rings is 1. The second-order valence-electron chi connectivity index (χ2n) is 5.73. The van der Waals surface area contributed by atoms with Crippen LogP contribution in [-0.4, -0.2) is 34.6 Å². The van der Waals surface area contributed by atoms with Crippen molar-refractivity contribution >= 4 is 18.3 Å². The lowest BCUT2D eigenvalue weighted by atomic mass is 9.77. The molecule has 1 aliphatic rings. The van der Waals surface area contributed by atoms with Crippen LogP contribution in [0, 0.1) is 5.41 Å². The lowest BCUT2D eigenvalue weighted by Gasteiger charge is -2.39. The number of piperidine rings is 1. The first-order chi connectivity index (χ1) is 8.49. The lowest BCUT2D eigenvalue weighted by Crippen LogP contribution is -2.52. The van der Waals surface area contributed by atoms with E-state index in [-0.39, 0.29) is 23.7 Å². The number of halogens is 1. The highest BCUT2D eigenvalue weighted by Gasteiger charge is 2.32. The van der Waals surface area contributed by atoms with E-state index in [1.807, 2.05) is 7.05 Å². The van der Waals surface area contributed by atoms with E-state index in [1.165, 1.54) is 12.8 Å². The molecule has 19 heavy (non-hydrogen) atoms. The standard InChI is InChI=1S/C13H22N4O.ClH/c1-13(2)5-4-6-14-11(13)7-15-12(18)10-8-17(3)9-16-10;/h8-9,11,14H,4-7H2,1-3H3,(H,15,18);1H. The zero-order chi connectivity index (χ0) is 13.2. The van der Waals surface area contributed by atoms with Crippen molar-refractivity contribution in [2.24, 2.45) is 12.5 Å². The quantitative estimate of drug-likeness (QED) is 0.882. The van der Waals surface area contributed by atoms with Crippen LogP contribution in [0.25, 0.3) is 0 Å². The van der Waals surface area contributed by atoms with Crippen LogP contribution in [0.1, 0.15) is 37.2 Å². The zero-order valence-electron chi connectivity index (χ0n) is 11.8. The fourth-order valence-electron chi connectivity index (χ4n) is 2.43. The van der Waals surface area contributed by atoms with E-state index in [9.17, 15) is 4.79 Å². The highest BCUT2D eigenvalue weighted by molar-refractivity contribution is 5.92. The summed E-state index contributed by atoms with van der Waals surface area (Å²) < 4.78 is 1.78. The Hall–Kier alpha value is -1.07. The molecule has 1 atom stereocenters. The molecule has 5 nitrogen and oxygen atoms in total. The lowest BCUT2D eigenvalue weighted by molar-refractivity contribution is 0.0924. The van der Waals surface area contributed by atoms with Gasteiger partial charge in [0.05, 0.1) is 6.33 Å². The molecule has 108 valence electrons. The van der Waals surface area contributed by atoms with Crippen LogP contribution >= 0.6 is 12.4 Å². The zero-order valence-corrected chi connectivity index (χ0v) is 12.6. The van der Waals surface area contributed by atoms with Crippen LogP contribution in [0.3, 0.4) is 0 Å². The van der Waals surface area contributed by atoms with Crippen molar-refractivity contribution < 1.29 is 4.79 Å². The molecule has 1 aromatic heterocycles. The minimum absolute atomic E-state index is 0. The number of hydrogen-bond donors (Lipinski definition) is 2. The summed E-state index contributed by atoms with van der Waals surface area (Å²) in [5.74, 6) is -0.0984. The Morgan fingerprint density at radius 3 is 2.95 bits per heavy atom. The first-order valence-electron chi connectivity index (χ1n) is 6.48. The number of carbonyl (C=O) groups excluding carboxylic acids is 1. The van der Waals surface area contributed by atoms with Crippen LogP contribution in [0.4, 0.5) is 0 Å². The Morgan fingerprint density at radius 1 is 1.63 bits per heavy atom. The largest absolute Gasteiger partial charge is 0.349 e. The molecule has 0 aliphatic carbocycles. The molecule has 1 saturated heterocycles. The van der Waals surface area contributed by atoms with E-state index >= 15 is 0 Å². The van der Waals surface area contributed by atoms with Gasteiger partial charge in [0.15, 0.2) is 0 Å². The number of hydrogen-bond acceptors (Lipinski definition) is 3. The Morgan fingerprint density at radius 2 is 2.37 bits per heavy atom. The Balaban J connectivity index is 0.00000180. The molecule has 1 amide bonds. The molecule has 0 saturated carbocycles. The third-order valence-corrected chi connectivity index (χ3v) is 3.74. The average Bonchev–Trinajstić information content (AvgIpc) is 2.73. The second kappa shape index (κ2) is 6.39. The van der Waals surface area contributed by atoms with E-state index in [4.69, 9.17) is 0 Å². The fraction of sp³-hybridized carbons (Fsp3) is 0.692. The molecule has 1 fully saturated rings. The number of rotatable bonds is 3. The molecule has 2 heterocycles. The maximum absolute atomic E-state index is 11.9. The maximum atomic E-state index is 11.9. The van der Waals surface area contributed by atoms with Gasteiger partial charge in [-0.25, -0.2) is 4.98 Å². The summed E-state index contributed by atoms with van der Waals surface area (Å²) in [6.07, 6.45) is 5.77. The summed E-state index contributed by atoms with van der Waals surface area (Å²) in [5.41, 5.74) is 0.710. The molecule has 1 aliphatic heterocycles. The van der Waals surface area contributed by atoms with E-state index < -0.39 is 0 Å². The summed E-state index contributed by atoms with van der Waals surface area (Å²) >= 11 is 0. The van der Waals surface area contributed by atoms with Crippen molar-refractivity contribution in [3.63, 3.8) is 0 Å². The molecule has 0 aromatic carbocycles. The second-order valence-corrected chi connectivity index (χ2v) is 5.73. The number of amides is 1. The molecular formula is C13H23ClN4O. The minimum Gasteiger partial charge on any atom is -0.349 e. The van der Waals surface area contributed by atoms with Crippen molar-refractivity contribution in [1.29, 1.82) is 0 Å². The van der Waals surface area contributed by atoms with Gasteiger partial charge < -0.3 is 15.2 Å².